The maximum atomic E-state index is 6.31. The maximum absolute atomic E-state index is 6.31. The molecule has 0 saturated heterocycles. The third-order valence-corrected chi connectivity index (χ3v) is 3.80. The van der Waals surface area contributed by atoms with Gasteiger partial charge in [0.2, 0.25) is 0 Å². The lowest BCUT2D eigenvalue weighted by molar-refractivity contribution is 1.07. The highest BCUT2D eigenvalue weighted by Gasteiger charge is 2.19. The van der Waals surface area contributed by atoms with Crippen molar-refractivity contribution in [2.24, 2.45) is 0 Å². The molecule has 0 nitrogen and oxygen atoms in total. The van der Waals surface area contributed by atoms with Crippen LogP contribution in [0.3, 0.4) is 0 Å². The Hall–Kier alpha value is -1.53. The quantitative estimate of drug-likeness (QED) is 0.651. The van der Waals surface area contributed by atoms with Gasteiger partial charge in [0.15, 0.2) is 0 Å². The molecule has 1 aliphatic rings. The first kappa shape index (κ1) is 10.6. The van der Waals surface area contributed by atoms with Crippen LogP contribution in [-0.4, -0.2) is 0 Å². The molecule has 0 bridgehead atoms. The lowest BCUT2D eigenvalue weighted by Gasteiger charge is -2.20. The Morgan fingerprint density at radius 2 is 1.94 bits per heavy atom. The first-order valence-electron chi connectivity index (χ1n) is 5.83. The van der Waals surface area contributed by atoms with Crippen LogP contribution in [0.4, 0.5) is 0 Å². The van der Waals surface area contributed by atoms with Crippen molar-refractivity contribution in [1.29, 1.82) is 0 Å². The summed E-state index contributed by atoms with van der Waals surface area (Å²) >= 11 is 6.31. The summed E-state index contributed by atoms with van der Waals surface area (Å²) in [7, 11) is 0. The summed E-state index contributed by atoms with van der Waals surface area (Å²) in [6.45, 7) is 1.98. The smallest absolute Gasteiger partial charge is 0.0383 e. The van der Waals surface area contributed by atoms with Crippen molar-refractivity contribution in [3.63, 3.8) is 0 Å². The van der Waals surface area contributed by atoms with Crippen LogP contribution in [-0.2, 0) is 0 Å². The Morgan fingerprint density at radius 3 is 2.71 bits per heavy atom. The maximum Gasteiger partial charge on any atom is 0.0383 e. The largest absolute Gasteiger partial charge is 0.0885 e. The molecule has 1 heteroatoms. The number of halogens is 1. The molecule has 2 aromatic carbocycles. The molecular formula is C16H13Cl. The second-order valence-electron chi connectivity index (χ2n) is 4.30. The predicted molar refractivity (Wildman–Crippen MR) is 75.3 cm³/mol. The second kappa shape index (κ2) is 4.05. The van der Waals surface area contributed by atoms with Crippen LogP contribution in [0.5, 0.6) is 0 Å². The number of rotatable bonds is 1. The highest BCUT2D eigenvalue weighted by molar-refractivity contribution is 6.30. The fraction of sp³-hybridized carbons (Fsp3) is 0.125. The van der Waals surface area contributed by atoms with Crippen molar-refractivity contribution in [3.8, 4) is 0 Å². The molecule has 0 amide bonds. The fourth-order valence-corrected chi connectivity index (χ4v) is 2.71. The van der Waals surface area contributed by atoms with Gasteiger partial charge in [-0.1, -0.05) is 66.2 Å². The lowest BCUT2D eigenvalue weighted by atomic mass is 9.86. The topological polar surface area (TPSA) is 0 Å². The number of allylic oxidation sites excluding steroid dienone is 3. The van der Waals surface area contributed by atoms with Crippen molar-refractivity contribution in [3.05, 3.63) is 64.7 Å². The standard InChI is InChI=1S/C16H13Cl/c1-2-15(17)13-10-9-12-6-3-5-11-7-4-8-14(13)16(11)12/h2-10,13H,1H3. The van der Waals surface area contributed by atoms with Gasteiger partial charge in [0, 0.05) is 11.0 Å². The zero-order chi connectivity index (χ0) is 11.8. The lowest BCUT2D eigenvalue weighted by Crippen LogP contribution is -2.01. The van der Waals surface area contributed by atoms with E-state index in [1.54, 1.807) is 0 Å². The van der Waals surface area contributed by atoms with E-state index in [0.717, 1.165) is 5.03 Å². The van der Waals surface area contributed by atoms with E-state index in [-0.39, 0.29) is 5.92 Å². The first-order valence-corrected chi connectivity index (χ1v) is 6.20. The van der Waals surface area contributed by atoms with Crippen LogP contribution in [0.15, 0.2) is 53.6 Å². The minimum atomic E-state index is 0.209. The zero-order valence-corrected chi connectivity index (χ0v) is 10.4. The predicted octanol–water partition coefficient (Wildman–Crippen LogP) is 5.09. The van der Waals surface area contributed by atoms with Crippen LogP contribution >= 0.6 is 11.6 Å². The van der Waals surface area contributed by atoms with Gasteiger partial charge in [-0.25, -0.2) is 0 Å². The van der Waals surface area contributed by atoms with E-state index < -0.39 is 0 Å². The molecule has 84 valence electrons. The van der Waals surface area contributed by atoms with Crippen molar-refractivity contribution in [2.75, 3.05) is 0 Å². The molecule has 1 atom stereocenters. The average molecular weight is 241 g/mol. The van der Waals surface area contributed by atoms with E-state index in [1.807, 2.05) is 13.0 Å². The SMILES string of the molecule is CC=C(Cl)C1C=Cc2cccc3cccc1c23. The molecule has 2 aromatic rings. The Bertz CT molecular complexity index is 630. The van der Waals surface area contributed by atoms with Gasteiger partial charge in [-0.2, -0.15) is 0 Å². The van der Waals surface area contributed by atoms with E-state index in [4.69, 9.17) is 11.6 Å². The highest BCUT2D eigenvalue weighted by Crippen LogP contribution is 2.39. The van der Waals surface area contributed by atoms with E-state index in [9.17, 15) is 0 Å². The summed E-state index contributed by atoms with van der Waals surface area (Å²) in [6.07, 6.45) is 6.33. The Kier molecular flexibility index (Phi) is 2.53. The van der Waals surface area contributed by atoms with E-state index in [2.05, 4.69) is 48.6 Å². The Balaban J connectivity index is 2.34. The van der Waals surface area contributed by atoms with Gasteiger partial charge in [-0.05, 0) is 28.8 Å². The second-order valence-corrected chi connectivity index (χ2v) is 4.74. The van der Waals surface area contributed by atoms with Crippen molar-refractivity contribution >= 4 is 28.4 Å². The molecule has 0 aliphatic heterocycles. The Labute approximate surface area is 106 Å². The molecule has 0 N–H and O–H groups in total. The third kappa shape index (κ3) is 1.60. The molecule has 3 rings (SSSR count). The molecule has 0 aromatic heterocycles. The summed E-state index contributed by atoms with van der Waals surface area (Å²) in [6, 6.07) is 12.8. The molecule has 0 spiro atoms. The van der Waals surface area contributed by atoms with Crippen LogP contribution in [0.1, 0.15) is 24.0 Å². The first-order chi connectivity index (χ1) is 8.31. The zero-order valence-electron chi connectivity index (χ0n) is 9.65. The van der Waals surface area contributed by atoms with Gasteiger partial charge in [0.05, 0.1) is 0 Å². The molecule has 0 radical (unpaired) electrons. The summed E-state index contributed by atoms with van der Waals surface area (Å²) in [5, 5.41) is 3.51. The number of benzene rings is 2. The molecule has 0 heterocycles. The van der Waals surface area contributed by atoms with Gasteiger partial charge >= 0.3 is 0 Å². The summed E-state index contributed by atoms with van der Waals surface area (Å²) in [4.78, 5) is 0. The van der Waals surface area contributed by atoms with Gasteiger partial charge in [-0.15, -0.1) is 0 Å². The molecule has 1 unspecified atom stereocenters. The molecule has 1 aliphatic carbocycles. The normalized spacial score (nSPS) is 18.7. The summed E-state index contributed by atoms with van der Waals surface area (Å²) in [5.74, 6) is 0.209. The summed E-state index contributed by atoms with van der Waals surface area (Å²) in [5.41, 5.74) is 2.60. The minimum absolute atomic E-state index is 0.209. The van der Waals surface area contributed by atoms with Crippen molar-refractivity contribution in [2.45, 2.75) is 12.8 Å². The van der Waals surface area contributed by atoms with Gasteiger partial charge in [0.25, 0.3) is 0 Å². The third-order valence-electron chi connectivity index (χ3n) is 3.35. The monoisotopic (exact) mass is 240 g/mol. The van der Waals surface area contributed by atoms with Crippen molar-refractivity contribution in [1.82, 2.24) is 0 Å². The van der Waals surface area contributed by atoms with E-state index >= 15 is 0 Å². The van der Waals surface area contributed by atoms with Crippen LogP contribution in [0.25, 0.3) is 16.8 Å². The number of hydrogen-bond acceptors (Lipinski definition) is 0. The average Bonchev–Trinajstić information content (AvgIpc) is 2.39. The van der Waals surface area contributed by atoms with Crippen LogP contribution < -0.4 is 0 Å². The molecule has 0 saturated carbocycles. The van der Waals surface area contributed by atoms with Gasteiger partial charge in [-0.3, -0.25) is 0 Å². The molecular weight excluding hydrogens is 228 g/mol. The molecule has 17 heavy (non-hydrogen) atoms. The number of hydrogen-bond donors (Lipinski definition) is 0. The van der Waals surface area contributed by atoms with E-state index in [1.165, 1.54) is 21.9 Å². The van der Waals surface area contributed by atoms with Crippen LogP contribution in [0, 0.1) is 0 Å². The van der Waals surface area contributed by atoms with Gasteiger partial charge in [0.1, 0.15) is 0 Å². The molecule has 0 fully saturated rings. The fourth-order valence-electron chi connectivity index (χ4n) is 2.52. The summed E-state index contributed by atoms with van der Waals surface area (Å²) < 4.78 is 0. The minimum Gasteiger partial charge on any atom is -0.0885 e. The highest BCUT2D eigenvalue weighted by atomic mass is 35.5. The van der Waals surface area contributed by atoms with Gasteiger partial charge < -0.3 is 0 Å². The van der Waals surface area contributed by atoms with Crippen molar-refractivity contribution < 1.29 is 0 Å². The Morgan fingerprint density at radius 1 is 1.18 bits per heavy atom. The van der Waals surface area contributed by atoms with E-state index in [0.29, 0.717) is 0 Å². The van der Waals surface area contributed by atoms with Crippen LogP contribution in [0.2, 0.25) is 0 Å².